The third-order valence-electron chi connectivity index (χ3n) is 13.2. The second-order valence-electron chi connectivity index (χ2n) is 16.9. The summed E-state index contributed by atoms with van der Waals surface area (Å²) in [7, 11) is 0. The molecule has 0 radical (unpaired) electrons. The van der Waals surface area contributed by atoms with Gasteiger partial charge in [0.25, 0.3) is 17.7 Å². The maximum absolute atomic E-state index is 15.5. The molecule has 2 unspecified atom stereocenters. The number of carbonyl (C=O) groups is 5. The number of aromatic nitrogens is 2. The van der Waals surface area contributed by atoms with Crippen LogP contribution in [0.5, 0.6) is 5.75 Å². The number of imide groups is 2. The second kappa shape index (κ2) is 16.4. The average molecular weight is 838 g/mol. The predicted molar refractivity (Wildman–Crippen MR) is 216 cm³/mol. The summed E-state index contributed by atoms with van der Waals surface area (Å²) >= 11 is 6.15. The molecule has 17 heteroatoms. The molecular formula is C43H45ClFN9O6. The highest BCUT2D eigenvalue weighted by atomic mass is 35.5. The van der Waals surface area contributed by atoms with Crippen molar-refractivity contribution in [1.29, 1.82) is 5.26 Å². The van der Waals surface area contributed by atoms with Crippen molar-refractivity contribution in [3.8, 4) is 11.8 Å². The largest absolute Gasteiger partial charge is 0.490 e. The molecular weight excluding hydrogens is 793 g/mol. The number of hydrogen-bond acceptors (Lipinski definition) is 12. The van der Waals surface area contributed by atoms with Gasteiger partial charge in [-0.05, 0) is 99.1 Å². The van der Waals surface area contributed by atoms with Crippen LogP contribution in [0.2, 0.25) is 5.02 Å². The summed E-state index contributed by atoms with van der Waals surface area (Å²) in [5, 5.41) is 23.4. The number of hydrogen-bond donors (Lipinski definition) is 2. The first-order chi connectivity index (χ1) is 29.0. The van der Waals surface area contributed by atoms with Crippen LogP contribution in [-0.2, 0) is 9.59 Å². The molecule has 3 saturated heterocycles. The molecule has 1 aromatic heterocycles. The first kappa shape index (κ1) is 39.8. The zero-order valence-corrected chi connectivity index (χ0v) is 33.7. The van der Waals surface area contributed by atoms with Crippen molar-refractivity contribution in [1.82, 2.24) is 30.6 Å². The van der Waals surface area contributed by atoms with Crippen LogP contribution in [0.25, 0.3) is 0 Å². The Morgan fingerprint density at radius 1 is 0.900 bits per heavy atom. The van der Waals surface area contributed by atoms with Crippen LogP contribution >= 0.6 is 11.6 Å². The van der Waals surface area contributed by atoms with Gasteiger partial charge in [0.2, 0.25) is 11.8 Å². The molecule has 3 aromatic rings. The van der Waals surface area contributed by atoms with E-state index in [1.807, 2.05) is 17.0 Å². The normalized spacial score (nSPS) is 26.8. The van der Waals surface area contributed by atoms with E-state index in [0.29, 0.717) is 52.9 Å². The number of piperidine rings is 1. The van der Waals surface area contributed by atoms with E-state index in [0.717, 1.165) is 88.0 Å². The number of rotatable bonds is 9. The molecule has 2 aliphatic carbocycles. The molecule has 60 heavy (non-hydrogen) atoms. The number of amides is 5. The average Bonchev–Trinajstić information content (AvgIpc) is 3.88. The molecule has 4 atom stereocenters. The number of nitrogens with one attached hydrogen (secondary N) is 2. The lowest BCUT2D eigenvalue weighted by Crippen LogP contribution is -2.54. The molecule has 2 N–H and O–H groups in total. The quantitative estimate of drug-likeness (QED) is 0.297. The number of ether oxygens (including phenoxy) is 1. The summed E-state index contributed by atoms with van der Waals surface area (Å²) in [5.74, 6) is -0.591. The summed E-state index contributed by atoms with van der Waals surface area (Å²) in [6, 6.07) is 12.2. The molecule has 15 nitrogen and oxygen atoms in total. The van der Waals surface area contributed by atoms with Gasteiger partial charge >= 0.3 is 0 Å². The molecule has 0 bridgehead atoms. The third kappa shape index (κ3) is 7.88. The smallest absolute Gasteiger partial charge is 0.272 e. The highest BCUT2D eigenvalue weighted by molar-refractivity contribution is 6.31. The number of piperazine rings is 1. The lowest BCUT2D eigenvalue weighted by Gasteiger charge is -2.36. The van der Waals surface area contributed by atoms with Crippen molar-refractivity contribution >= 4 is 52.6 Å². The van der Waals surface area contributed by atoms with Crippen molar-refractivity contribution < 1.29 is 33.1 Å². The minimum Gasteiger partial charge on any atom is -0.490 e. The minimum absolute atomic E-state index is 0.00930. The minimum atomic E-state index is -1.10. The monoisotopic (exact) mass is 837 g/mol. The first-order valence-corrected chi connectivity index (χ1v) is 21.2. The van der Waals surface area contributed by atoms with Crippen molar-refractivity contribution in [3.05, 3.63) is 75.7 Å². The zero-order chi connectivity index (χ0) is 41.7. The topological polar surface area (TPSA) is 181 Å². The Labute approximate surface area is 351 Å². The molecule has 9 rings (SSSR count). The summed E-state index contributed by atoms with van der Waals surface area (Å²) in [4.78, 5) is 71.2. The van der Waals surface area contributed by atoms with E-state index in [4.69, 9.17) is 21.6 Å². The number of nitrogens with zero attached hydrogens (tertiary/aromatic N) is 7. The van der Waals surface area contributed by atoms with Gasteiger partial charge in [-0.2, -0.15) is 5.26 Å². The molecule has 4 aliphatic heterocycles. The van der Waals surface area contributed by atoms with Crippen LogP contribution < -0.4 is 25.2 Å². The molecule has 2 aromatic carbocycles. The Morgan fingerprint density at radius 2 is 1.62 bits per heavy atom. The highest BCUT2D eigenvalue weighted by Crippen LogP contribution is 2.44. The fraction of sp³-hybridized carbons (Fsp3) is 0.488. The lowest BCUT2D eigenvalue weighted by molar-refractivity contribution is -0.136. The van der Waals surface area contributed by atoms with Gasteiger partial charge in [0.15, 0.2) is 11.5 Å². The van der Waals surface area contributed by atoms with Crippen molar-refractivity contribution in [2.45, 2.75) is 69.6 Å². The maximum atomic E-state index is 15.5. The molecule has 5 amide bonds. The highest BCUT2D eigenvalue weighted by Gasteiger charge is 2.47. The first-order valence-electron chi connectivity index (χ1n) is 20.8. The van der Waals surface area contributed by atoms with Gasteiger partial charge in [-0.1, -0.05) is 11.6 Å². The third-order valence-corrected chi connectivity index (χ3v) is 13.5. The van der Waals surface area contributed by atoms with Gasteiger partial charge in [0.1, 0.15) is 23.7 Å². The van der Waals surface area contributed by atoms with E-state index >= 15 is 4.39 Å². The molecule has 2 saturated carbocycles. The summed E-state index contributed by atoms with van der Waals surface area (Å²) in [6.45, 7) is 5.70. The summed E-state index contributed by atoms with van der Waals surface area (Å²) in [6.07, 6.45) is 5.25. The number of anilines is 2. The number of fused-ring (bicyclic) bond motifs is 2. The standard InChI is InChI=1S/C43H45ClFN9O6/c44-33-17-30(4-1-25(33)20-46)60-29-5-2-28(3-6-29)47-40(56)35-7-9-38(50-49-35)52-13-11-51(12-14-52)21-24-15-26-22-53(23-27(26)16-24)37-19-32-31(18-34(37)45)42(58)54(43(32)59)36-8-10-39(55)48-41(36)57/h1,4,7,9,17-19,24,26-29,36H,2-3,5-6,8,10-16,21-23H2,(H,47,56)(H,48,55,57)/t24?,26-,27+,28?,29?,36?. The van der Waals surface area contributed by atoms with Gasteiger partial charge in [0, 0.05) is 64.3 Å². The van der Waals surface area contributed by atoms with E-state index < -0.39 is 35.5 Å². The van der Waals surface area contributed by atoms with E-state index in [-0.39, 0.29) is 47.7 Å². The number of carbonyl (C=O) groups excluding carboxylic acids is 5. The van der Waals surface area contributed by atoms with E-state index in [1.165, 1.54) is 6.07 Å². The Hall–Kier alpha value is -5.66. The zero-order valence-electron chi connectivity index (χ0n) is 32.9. The Bertz CT molecular complexity index is 2260. The molecule has 312 valence electrons. The number of nitriles is 1. The number of halogens is 2. The van der Waals surface area contributed by atoms with E-state index in [9.17, 15) is 24.0 Å². The Balaban J connectivity index is 0.708. The van der Waals surface area contributed by atoms with Crippen LogP contribution in [0.4, 0.5) is 15.9 Å². The second-order valence-corrected chi connectivity index (χ2v) is 17.3. The van der Waals surface area contributed by atoms with Crippen LogP contribution in [0.1, 0.15) is 88.1 Å². The maximum Gasteiger partial charge on any atom is 0.272 e. The van der Waals surface area contributed by atoms with Crippen molar-refractivity contribution in [3.63, 3.8) is 0 Å². The fourth-order valence-electron chi connectivity index (χ4n) is 10.1. The van der Waals surface area contributed by atoms with E-state index in [2.05, 4.69) is 30.6 Å². The molecule has 5 fully saturated rings. The number of benzene rings is 2. The molecule has 0 spiro atoms. The van der Waals surface area contributed by atoms with Crippen LogP contribution in [0.15, 0.2) is 42.5 Å². The SMILES string of the molecule is N#Cc1ccc(OC2CCC(NC(=O)c3ccc(N4CCN(CC5C[C@@H]6CN(c7cc8c(cc7F)C(=O)N(C7CCC(=O)NC7=O)C8=O)C[C@@H]6C5)CC4)nn3)CC2)cc1Cl. The predicted octanol–water partition coefficient (Wildman–Crippen LogP) is 3.95. The summed E-state index contributed by atoms with van der Waals surface area (Å²) < 4.78 is 21.6. The summed E-state index contributed by atoms with van der Waals surface area (Å²) in [5.41, 5.74) is 1.03. The van der Waals surface area contributed by atoms with Crippen molar-refractivity contribution in [2.24, 2.45) is 17.8 Å². The lowest BCUT2D eigenvalue weighted by atomic mass is 9.93. The van der Waals surface area contributed by atoms with Gasteiger partial charge in [-0.3, -0.25) is 39.1 Å². The molecule has 6 aliphatic rings. The van der Waals surface area contributed by atoms with Crippen LogP contribution in [-0.4, -0.2) is 114 Å². The Morgan fingerprint density at radius 3 is 2.27 bits per heavy atom. The Kier molecular flexibility index (Phi) is 10.9. The van der Waals surface area contributed by atoms with Crippen LogP contribution in [0.3, 0.4) is 0 Å². The van der Waals surface area contributed by atoms with Crippen molar-refractivity contribution in [2.75, 3.05) is 55.6 Å². The van der Waals surface area contributed by atoms with E-state index in [1.54, 1.807) is 24.3 Å². The fourth-order valence-corrected chi connectivity index (χ4v) is 10.3. The van der Waals surface area contributed by atoms with Gasteiger partial charge in [-0.15, -0.1) is 10.2 Å². The molecule has 5 heterocycles. The van der Waals surface area contributed by atoms with Gasteiger partial charge < -0.3 is 19.9 Å². The van der Waals surface area contributed by atoms with Gasteiger partial charge in [-0.25, -0.2) is 4.39 Å². The van der Waals surface area contributed by atoms with Gasteiger partial charge in [0.05, 0.1) is 33.5 Å². The van der Waals surface area contributed by atoms with Crippen LogP contribution in [0, 0.1) is 34.9 Å².